The molecule has 8 heteroatoms. The van der Waals surface area contributed by atoms with Gasteiger partial charge in [-0.15, -0.1) is 16.4 Å². The minimum atomic E-state index is 0.704. The van der Waals surface area contributed by atoms with Gasteiger partial charge in [-0.1, -0.05) is 35.5 Å². The van der Waals surface area contributed by atoms with E-state index < -0.39 is 0 Å². The van der Waals surface area contributed by atoms with E-state index in [0.717, 1.165) is 27.2 Å². The Morgan fingerprint density at radius 1 is 1.12 bits per heavy atom. The molecule has 124 valence electrons. The summed E-state index contributed by atoms with van der Waals surface area (Å²) in [6.07, 6.45) is 1.78. The van der Waals surface area contributed by atoms with Gasteiger partial charge in [-0.05, 0) is 41.6 Å². The Kier molecular flexibility index (Phi) is 4.53. The maximum atomic E-state index is 4.65. The molecule has 0 spiro atoms. The van der Waals surface area contributed by atoms with E-state index in [0.29, 0.717) is 5.75 Å². The summed E-state index contributed by atoms with van der Waals surface area (Å²) < 4.78 is 1.75. The Morgan fingerprint density at radius 2 is 2.00 bits per heavy atom. The predicted molar refractivity (Wildman–Crippen MR) is 98.8 cm³/mol. The van der Waals surface area contributed by atoms with Crippen LogP contribution in [0.4, 0.5) is 0 Å². The van der Waals surface area contributed by atoms with E-state index in [1.54, 1.807) is 34.0 Å². The van der Waals surface area contributed by atoms with Gasteiger partial charge in [-0.25, -0.2) is 4.98 Å². The fourth-order valence-corrected chi connectivity index (χ4v) is 3.92. The van der Waals surface area contributed by atoms with Crippen LogP contribution in [-0.4, -0.2) is 30.2 Å². The lowest BCUT2D eigenvalue weighted by Crippen LogP contribution is -1.99. The maximum Gasteiger partial charge on any atom is 0.214 e. The van der Waals surface area contributed by atoms with Gasteiger partial charge in [0.2, 0.25) is 5.16 Å². The Balaban J connectivity index is 1.49. The van der Waals surface area contributed by atoms with E-state index in [2.05, 4.69) is 37.8 Å². The first-order valence-corrected chi connectivity index (χ1v) is 9.50. The fraction of sp³-hybridized carbons (Fsp3) is 0.118. The molecule has 1 aromatic carbocycles. The topological polar surface area (TPSA) is 69.4 Å². The minimum Gasteiger partial charge on any atom is -0.254 e. The number of hydrogen-bond donors (Lipinski definition) is 0. The van der Waals surface area contributed by atoms with Crippen LogP contribution in [0.25, 0.3) is 16.4 Å². The molecule has 0 N–H and O–H groups in total. The van der Waals surface area contributed by atoms with E-state index in [-0.39, 0.29) is 0 Å². The zero-order valence-electron chi connectivity index (χ0n) is 13.4. The van der Waals surface area contributed by atoms with E-state index in [1.165, 1.54) is 5.56 Å². The lowest BCUT2D eigenvalue weighted by Gasteiger charge is -2.03. The average molecular weight is 366 g/mol. The molecule has 4 rings (SSSR count). The van der Waals surface area contributed by atoms with Crippen molar-refractivity contribution in [2.75, 3.05) is 0 Å². The molecule has 0 unspecified atom stereocenters. The number of thiazole rings is 1. The fourth-order valence-electron chi connectivity index (χ4n) is 2.24. The lowest BCUT2D eigenvalue weighted by atomic mass is 10.2. The van der Waals surface area contributed by atoms with Crippen LogP contribution in [-0.2, 0) is 5.75 Å². The summed E-state index contributed by atoms with van der Waals surface area (Å²) in [5, 5.41) is 15.7. The van der Waals surface area contributed by atoms with Crippen molar-refractivity contribution in [3.8, 4) is 16.4 Å². The first-order chi connectivity index (χ1) is 12.3. The summed E-state index contributed by atoms with van der Waals surface area (Å²) in [5.41, 5.74) is 4.04. The molecule has 3 heterocycles. The molecule has 0 aliphatic rings. The Labute approximate surface area is 153 Å². The molecule has 0 bridgehead atoms. The van der Waals surface area contributed by atoms with Crippen molar-refractivity contribution in [1.29, 1.82) is 0 Å². The van der Waals surface area contributed by atoms with Gasteiger partial charge in [0.25, 0.3) is 0 Å². The molecule has 0 aliphatic heterocycles. The van der Waals surface area contributed by atoms with Gasteiger partial charge in [-0.2, -0.15) is 4.68 Å². The molecule has 0 amide bonds. The minimum absolute atomic E-state index is 0.704. The van der Waals surface area contributed by atoms with Gasteiger partial charge in [-0.3, -0.25) is 4.98 Å². The summed E-state index contributed by atoms with van der Waals surface area (Å²) in [7, 11) is 0. The van der Waals surface area contributed by atoms with Crippen LogP contribution in [0.5, 0.6) is 0 Å². The molecule has 25 heavy (non-hydrogen) atoms. The molecule has 0 atom stereocenters. The number of thioether (sulfide) groups is 1. The first kappa shape index (κ1) is 15.9. The van der Waals surface area contributed by atoms with Crippen LogP contribution in [0, 0.1) is 6.92 Å². The summed E-state index contributed by atoms with van der Waals surface area (Å²) in [4.78, 5) is 8.99. The Hall–Kier alpha value is -2.58. The molecule has 4 aromatic rings. The zero-order chi connectivity index (χ0) is 17.1. The number of hydrogen-bond acceptors (Lipinski definition) is 7. The molecule has 0 saturated heterocycles. The van der Waals surface area contributed by atoms with Gasteiger partial charge < -0.3 is 0 Å². The zero-order valence-corrected chi connectivity index (χ0v) is 15.0. The highest BCUT2D eigenvalue weighted by Crippen LogP contribution is 2.26. The van der Waals surface area contributed by atoms with E-state index in [1.807, 2.05) is 42.5 Å². The molecule has 0 radical (unpaired) electrons. The van der Waals surface area contributed by atoms with Crippen molar-refractivity contribution in [3.05, 3.63) is 65.3 Å². The highest BCUT2D eigenvalue weighted by Gasteiger charge is 2.11. The van der Waals surface area contributed by atoms with Crippen molar-refractivity contribution in [2.45, 2.75) is 17.8 Å². The molecular weight excluding hydrogens is 352 g/mol. The van der Waals surface area contributed by atoms with Crippen molar-refractivity contribution in [1.82, 2.24) is 30.2 Å². The largest absolute Gasteiger partial charge is 0.254 e. The summed E-state index contributed by atoms with van der Waals surface area (Å²) in [6.45, 7) is 2.06. The standard InChI is InChI=1S/C17H14N6S2/c1-12-5-7-14(8-6-12)23-17(20-21-22-23)25-11-13-10-24-16(19-13)15-4-2-3-9-18-15/h2-10H,11H2,1H3. The van der Waals surface area contributed by atoms with Crippen LogP contribution in [0.1, 0.15) is 11.3 Å². The Morgan fingerprint density at radius 3 is 2.80 bits per heavy atom. The molecular formula is C17H14N6S2. The number of nitrogens with zero attached hydrogens (tertiary/aromatic N) is 6. The van der Waals surface area contributed by atoms with Gasteiger partial charge >= 0.3 is 0 Å². The third kappa shape index (κ3) is 3.59. The highest BCUT2D eigenvalue weighted by atomic mass is 32.2. The molecule has 0 fully saturated rings. The third-order valence-electron chi connectivity index (χ3n) is 3.50. The maximum absolute atomic E-state index is 4.65. The molecule has 6 nitrogen and oxygen atoms in total. The number of benzene rings is 1. The molecule has 0 saturated carbocycles. The van der Waals surface area contributed by atoms with Crippen molar-refractivity contribution in [2.24, 2.45) is 0 Å². The quantitative estimate of drug-likeness (QED) is 0.501. The second-order valence-corrected chi connectivity index (χ2v) is 7.16. The molecule has 3 aromatic heterocycles. The monoisotopic (exact) mass is 366 g/mol. The summed E-state index contributed by atoms with van der Waals surface area (Å²) in [6, 6.07) is 14.0. The SMILES string of the molecule is Cc1ccc(-n2nnnc2SCc2csc(-c3ccccn3)n2)cc1. The first-order valence-electron chi connectivity index (χ1n) is 7.63. The smallest absolute Gasteiger partial charge is 0.214 e. The second-order valence-electron chi connectivity index (χ2n) is 5.36. The van der Waals surface area contributed by atoms with Crippen molar-refractivity contribution < 1.29 is 0 Å². The Bertz CT molecular complexity index is 962. The number of pyridine rings is 1. The van der Waals surface area contributed by atoms with Crippen LogP contribution in [0.2, 0.25) is 0 Å². The van der Waals surface area contributed by atoms with Gasteiger partial charge in [0.1, 0.15) is 5.01 Å². The summed E-state index contributed by atoms with van der Waals surface area (Å²) >= 11 is 3.16. The average Bonchev–Trinajstić information content (AvgIpc) is 3.31. The van der Waals surface area contributed by atoms with Crippen LogP contribution in [0.15, 0.2) is 59.2 Å². The van der Waals surface area contributed by atoms with Crippen LogP contribution >= 0.6 is 23.1 Å². The number of rotatable bonds is 5. The number of aryl methyl sites for hydroxylation is 1. The summed E-state index contributed by atoms with van der Waals surface area (Å²) in [5.74, 6) is 0.704. The van der Waals surface area contributed by atoms with Crippen molar-refractivity contribution >= 4 is 23.1 Å². The van der Waals surface area contributed by atoms with E-state index in [9.17, 15) is 0 Å². The third-order valence-corrected chi connectivity index (χ3v) is 5.37. The lowest BCUT2D eigenvalue weighted by molar-refractivity contribution is 0.756. The van der Waals surface area contributed by atoms with Crippen molar-refractivity contribution in [3.63, 3.8) is 0 Å². The highest BCUT2D eigenvalue weighted by molar-refractivity contribution is 7.98. The number of aromatic nitrogens is 6. The van der Waals surface area contributed by atoms with Crippen LogP contribution < -0.4 is 0 Å². The predicted octanol–water partition coefficient (Wildman–Crippen LogP) is 3.78. The van der Waals surface area contributed by atoms with Gasteiger partial charge in [0.15, 0.2) is 0 Å². The van der Waals surface area contributed by atoms with E-state index in [4.69, 9.17) is 0 Å². The second kappa shape index (κ2) is 7.12. The van der Waals surface area contributed by atoms with Gasteiger partial charge in [0.05, 0.1) is 17.1 Å². The number of tetrazole rings is 1. The molecule has 0 aliphatic carbocycles. The van der Waals surface area contributed by atoms with E-state index >= 15 is 0 Å². The van der Waals surface area contributed by atoms with Crippen LogP contribution in [0.3, 0.4) is 0 Å². The van der Waals surface area contributed by atoms with Gasteiger partial charge in [0, 0.05) is 17.3 Å². The normalized spacial score (nSPS) is 10.9.